The molecular formula is C20H17N. The first-order chi connectivity index (χ1) is 10.3. The van der Waals surface area contributed by atoms with E-state index in [9.17, 15) is 0 Å². The maximum Gasteiger partial charge on any atom is 0.0496 e. The van der Waals surface area contributed by atoms with E-state index in [1.165, 1.54) is 33.6 Å². The molecule has 0 atom stereocenters. The second-order valence-corrected chi connectivity index (χ2v) is 5.55. The lowest BCUT2D eigenvalue weighted by Crippen LogP contribution is -2.21. The van der Waals surface area contributed by atoms with E-state index in [0.29, 0.717) is 0 Å². The van der Waals surface area contributed by atoms with Gasteiger partial charge in [-0.25, -0.2) is 0 Å². The molecule has 21 heavy (non-hydrogen) atoms. The first-order valence-corrected chi connectivity index (χ1v) is 7.35. The van der Waals surface area contributed by atoms with Crippen molar-refractivity contribution < 1.29 is 0 Å². The van der Waals surface area contributed by atoms with E-state index < -0.39 is 0 Å². The monoisotopic (exact) mass is 271 g/mol. The third kappa shape index (κ3) is 1.93. The minimum atomic E-state index is 0.927. The predicted molar refractivity (Wildman–Crippen MR) is 88.9 cm³/mol. The van der Waals surface area contributed by atoms with Crippen LogP contribution in [-0.4, -0.2) is 0 Å². The Morgan fingerprint density at radius 2 is 1.52 bits per heavy atom. The summed E-state index contributed by atoms with van der Waals surface area (Å²) in [4.78, 5) is 2.41. The van der Waals surface area contributed by atoms with Gasteiger partial charge in [-0.05, 0) is 41.8 Å². The van der Waals surface area contributed by atoms with E-state index >= 15 is 0 Å². The fourth-order valence-electron chi connectivity index (χ4n) is 3.22. The van der Waals surface area contributed by atoms with Crippen molar-refractivity contribution >= 4 is 11.4 Å². The van der Waals surface area contributed by atoms with Crippen LogP contribution in [0.2, 0.25) is 0 Å². The van der Waals surface area contributed by atoms with Gasteiger partial charge in [-0.2, -0.15) is 0 Å². The molecule has 0 saturated heterocycles. The number of para-hydroxylation sites is 1. The summed E-state index contributed by atoms with van der Waals surface area (Å²) >= 11 is 0. The fraction of sp³-hybridized carbons (Fsp3) is 0.100. The van der Waals surface area contributed by atoms with Crippen molar-refractivity contribution in [2.45, 2.75) is 13.5 Å². The molecule has 1 heterocycles. The summed E-state index contributed by atoms with van der Waals surface area (Å²) < 4.78 is 0. The van der Waals surface area contributed by atoms with Gasteiger partial charge in [0.15, 0.2) is 0 Å². The summed E-state index contributed by atoms with van der Waals surface area (Å²) in [6.07, 6.45) is 0. The molecule has 1 aliphatic rings. The number of anilines is 2. The van der Waals surface area contributed by atoms with Crippen LogP contribution in [0, 0.1) is 6.92 Å². The third-order valence-electron chi connectivity index (χ3n) is 4.22. The molecule has 0 fully saturated rings. The Kier molecular flexibility index (Phi) is 2.78. The van der Waals surface area contributed by atoms with Gasteiger partial charge in [0, 0.05) is 23.5 Å². The second kappa shape index (κ2) is 4.78. The lowest BCUT2D eigenvalue weighted by atomic mass is 9.90. The number of rotatable bonds is 1. The Labute approximate surface area is 125 Å². The molecule has 3 aromatic rings. The number of fused-ring (bicyclic) bond motifs is 3. The quantitative estimate of drug-likeness (QED) is 0.579. The van der Waals surface area contributed by atoms with Crippen LogP contribution in [0.3, 0.4) is 0 Å². The zero-order valence-corrected chi connectivity index (χ0v) is 12.1. The number of nitrogens with zero attached hydrogens (tertiary/aromatic N) is 1. The molecule has 0 saturated carbocycles. The van der Waals surface area contributed by atoms with Gasteiger partial charge in [0.05, 0.1) is 0 Å². The number of hydrogen-bond donors (Lipinski definition) is 0. The van der Waals surface area contributed by atoms with E-state index in [0.717, 1.165) is 6.54 Å². The Bertz CT molecular complexity index is 790. The largest absolute Gasteiger partial charge is 0.336 e. The van der Waals surface area contributed by atoms with Crippen LogP contribution in [-0.2, 0) is 6.54 Å². The summed E-state index contributed by atoms with van der Waals surface area (Å²) in [7, 11) is 0. The molecule has 3 aromatic carbocycles. The lowest BCUT2D eigenvalue weighted by Gasteiger charge is -2.33. The van der Waals surface area contributed by atoms with Crippen LogP contribution < -0.4 is 4.90 Å². The zero-order chi connectivity index (χ0) is 14.2. The summed E-state index contributed by atoms with van der Waals surface area (Å²) in [6, 6.07) is 25.9. The highest BCUT2D eigenvalue weighted by Crippen LogP contribution is 2.43. The molecule has 1 nitrogen and oxygen atoms in total. The van der Waals surface area contributed by atoms with Gasteiger partial charge >= 0.3 is 0 Å². The number of benzene rings is 3. The molecule has 1 heteroatoms. The average Bonchev–Trinajstić information content (AvgIpc) is 2.55. The smallest absolute Gasteiger partial charge is 0.0496 e. The van der Waals surface area contributed by atoms with Gasteiger partial charge in [-0.3, -0.25) is 0 Å². The zero-order valence-electron chi connectivity index (χ0n) is 12.1. The van der Waals surface area contributed by atoms with Gasteiger partial charge in [-0.15, -0.1) is 0 Å². The van der Waals surface area contributed by atoms with Gasteiger partial charge in [0.25, 0.3) is 0 Å². The maximum absolute atomic E-state index is 2.41. The standard InChI is InChI=1S/C20H17N/c1-15-8-7-13-19-20(15)18-12-6-5-9-16(18)14-21(19)17-10-3-2-4-11-17/h2-13H,14H2,1H3. The molecule has 0 aromatic heterocycles. The van der Waals surface area contributed by atoms with E-state index in [2.05, 4.69) is 84.6 Å². The van der Waals surface area contributed by atoms with Crippen LogP contribution >= 0.6 is 0 Å². The molecule has 0 radical (unpaired) electrons. The van der Waals surface area contributed by atoms with Crippen LogP contribution in [0.25, 0.3) is 11.1 Å². The molecule has 102 valence electrons. The highest BCUT2D eigenvalue weighted by molar-refractivity contribution is 5.89. The van der Waals surface area contributed by atoms with Crippen molar-refractivity contribution in [1.29, 1.82) is 0 Å². The van der Waals surface area contributed by atoms with Gasteiger partial charge < -0.3 is 4.90 Å². The first-order valence-electron chi connectivity index (χ1n) is 7.35. The Balaban J connectivity index is 1.98. The minimum Gasteiger partial charge on any atom is -0.336 e. The molecular weight excluding hydrogens is 254 g/mol. The van der Waals surface area contributed by atoms with Crippen LogP contribution in [0.15, 0.2) is 72.8 Å². The molecule has 1 aliphatic heterocycles. The number of hydrogen-bond acceptors (Lipinski definition) is 1. The van der Waals surface area contributed by atoms with Crippen molar-refractivity contribution in [3.63, 3.8) is 0 Å². The minimum absolute atomic E-state index is 0.927. The summed E-state index contributed by atoms with van der Waals surface area (Å²) in [5.74, 6) is 0. The molecule has 0 amide bonds. The molecule has 4 rings (SSSR count). The summed E-state index contributed by atoms with van der Waals surface area (Å²) in [5, 5.41) is 0. The van der Waals surface area contributed by atoms with Gasteiger partial charge in [-0.1, -0.05) is 54.6 Å². The van der Waals surface area contributed by atoms with Gasteiger partial charge in [0.2, 0.25) is 0 Å². The third-order valence-corrected chi connectivity index (χ3v) is 4.22. The average molecular weight is 271 g/mol. The van der Waals surface area contributed by atoms with E-state index in [1.807, 2.05) is 0 Å². The highest BCUT2D eigenvalue weighted by Gasteiger charge is 2.23. The number of aryl methyl sites for hydroxylation is 1. The predicted octanol–water partition coefficient (Wildman–Crippen LogP) is 5.31. The molecule has 0 N–H and O–H groups in total. The van der Waals surface area contributed by atoms with Crippen molar-refractivity contribution in [1.82, 2.24) is 0 Å². The fourth-order valence-corrected chi connectivity index (χ4v) is 3.22. The SMILES string of the molecule is Cc1cccc2c1-c1ccccc1CN2c1ccccc1. The van der Waals surface area contributed by atoms with E-state index in [-0.39, 0.29) is 0 Å². The Hall–Kier alpha value is -2.54. The van der Waals surface area contributed by atoms with Gasteiger partial charge in [0.1, 0.15) is 0 Å². The molecule has 0 aliphatic carbocycles. The van der Waals surface area contributed by atoms with E-state index in [1.54, 1.807) is 0 Å². The second-order valence-electron chi connectivity index (χ2n) is 5.55. The Morgan fingerprint density at radius 3 is 2.38 bits per heavy atom. The lowest BCUT2D eigenvalue weighted by molar-refractivity contribution is 0.959. The Morgan fingerprint density at radius 1 is 0.762 bits per heavy atom. The van der Waals surface area contributed by atoms with Crippen LogP contribution in [0.5, 0.6) is 0 Å². The van der Waals surface area contributed by atoms with Crippen molar-refractivity contribution in [2.24, 2.45) is 0 Å². The summed E-state index contributed by atoms with van der Waals surface area (Å²) in [5.41, 5.74) is 8.02. The van der Waals surface area contributed by atoms with Crippen molar-refractivity contribution in [2.75, 3.05) is 4.90 Å². The molecule has 0 unspecified atom stereocenters. The summed E-state index contributed by atoms with van der Waals surface area (Å²) in [6.45, 7) is 3.13. The van der Waals surface area contributed by atoms with E-state index in [4.69, 9.17) is 0 Å². The first kappa shape index (κ1) is 12.2. The normalized spacial score (nSPS) is 12.7. The van der Waals surface area contributed by atoms with Crippen molar-refractivity contribution in [3.05, 3.63) is 83.9 Å². The van der Waals surface area contributed by atoms with Crippen LogP contribution in [0.1, 0.15) is 11.1 Å². The highest BCUT2D eigenvalue weighted by atomic mass is 15.1. The molecule has 0 bridgehead atoms. The van der Waals surface area contributed by atoms with Crippen molar-refractivity contribution in [3.8, 4) is 11.1 Å². The topological polar surface area (TPSA) is 3.24 Å². The molecule has 0 spiro atoms. The van der Waals surface area contributed by atoms with Crippen LogP contribution in [0.4, 0.5) is 11.4 Å². The maximum atomic E-state index is 2.41.